The molecule has 0 saturated carbocycles. The smallest absolute Gasteiger partial charge is 0.139 e. The molecule has 2 aromatic rings. The van der Waals surface area contributed by atoms with Gasteiger partial charge in [-0.05, 0) is 18.1 Å². The second-order valence-electron chi connectivity index (χ2n) is 4.14. The zero-order chi connectivity index (χ0) is 11.5. The van der Waals surface area contributed by atoms with E-state index in [2.05, 4.69) is 24.1 Å². The Morgan fingerprint density at radius 2 is 2.25 bits per heavy atom. The second-order valence-corrected chi connectivity index (χ2v) is 4.45. The summed E-state index contributed by atoms with van der Waals surface area (Å²) >= 11 is 5.92. The van der Waals surface area contributed by atoms with Crippen LogP contribution in [-0.2, 0) is 0 Å². The fraction of sp³-hybridized carbons (Fsp3) is 0.417. The third-order valence-corrected chi connectivity index (χ3v) is 3.01. The van der Waals surface area contributed by atoms with Crippen LogP contribution >= 0.6 is 11.6 Å². The fourth-order valence-corrected chi connectivity index (χ4v) is 2.00. The lowest BCUT2D eigenvalue weighted by atomic mass is 10.1. The first-order valence-corrected chi connectivity index (χ1v) is 5.90. The van der Waals surface area contributed by atoms with E-state index in [-0.39, 0.29) is 6.04 Å². The van der Waals surface area contributed by atoms with Crippen molar-refractivity contribution >= 4 is 28.4 Å². The van der Waals surface area contributed by atoms with Gasteiger partial charge in [0.2, 0.25) is 0 Å². The summed E-state index contributed by atoms with van der Waals surface area (Å²) in [7, 11) is 0. The normalized spacial score (nSPS) is 13.2. The van der Waals surface area contributed by atoms with Crippen LogP contribution in [0.25, 0.3) is 11.0 Å². The maximum atomic E-state index is 5.92. The molecule has 4 heteroatoms. The summed E-state index contributed by atoms with van der Waals surface area (Å²) < 4.78 is 5.32. The SMILES string of the molecule is CC(C)C(CCl)Nc1nccc2occc12. The average molecular weight is 239 g/mol. The molecule has 2 rings (SSSR count). The Morgan fingerprint density at radius 3 is 2.94 bits per heavy atom. The van der Waals surface area contributed by atoms with Crippen LogP contribution in [0.15, 0.2) is 29.0 Å². The van der Waals surface area contributed by atoms with Crippen molar-refractivity contribution in [3.05, 3.63) is 24.6 Å². The quantitative estimate of drug-likeness (QED) is 0.829. The zero-order valence-corrected chi connectivity index (χ0v) is 10.2. The van der Waals surface area contributed by atoms with E-state index in [1.165, 1.54) is 0 Å². The monoisotopic (exact) mass is 238 g/mol. The summed E-state index contributed by atoms with van der Waals surface area (Å²) in [6.07, 6.45) is 3.41. The van der Waals surface area contributed by atoms with Gasteiger partial charge in [0.25, 0.3) is 0 Å². The van der Waals surface area contributed by atoms with Gasteiger partial charge in [-0.2, -0.15) is 0 Å². The summed E-state index contributed by atoms with van der Waals surface area (Å²) in [6, 6.07) is 3.98. The van der Waals surface area contributed by atoms with E-state index in [9.17, 15) is 0 Å². The number of rotatable bonds is 4. The van der Waals surface area contributed by atoms with Crippen LogP contribution in [0.4, 0.5) is 5.82 Å². The standard InChI is InChI=1S/C12H15ClN2O/c1-8(2)10(7-13)15-12-9-4-6-16-11(9)3-5-14-12/h3-6,8,10H,7H2,1-2H3,(H,14,15). The molecule has 0 aliphatic heterocycles. The van der Waals surface area contributed by atoms with E-state index >= 15 is 0 Å². The van der Waals surface area contributed by atoms with Crippen LogP contribution in [0.2, 0.25) is 0 Å². The Morgan fingerprint density at radius 1 is 1.44 bits per heavy atom. The lowest BCUT2D eigenvalue weighted by Gasteiger charge is -2.20. The third-order valence-electron chi connectivity index (χ3n) is 2.67. The molecule has 0 saturated heterocycles. The molecule has 0 amide bonds. The molecule has 16 heavy (non-hydrogen) atoms. The van der Waals surface area contributed by atoms with E-state index < -0.39 is 0 Å². The number of hydrogen-bond acceptors (Lipinski definition) is 3. The highest BCUT2D eigenvalue weighted by atomic mass is 35.5. The maximum Gasteiger partial charge on any atom is 0.139 e. The Balaban J connectivity index is 2.29. The predicted molar refractivity (Wildman–Crippen MR) is 67.0 cm³/mol. The summed E-state index contributed by atoms with van der Waals surface area (Å²) in [6.45, 7) is 4.27. The van der Waals surface area contributed by atoms with Crippen molar-refractivity contribution in [2.24, 2.45) is 5.92 Å². The van der Waals surface area contributed by atoms with E-state index in [4.69, 9.17) is 16.0 Å². The highest BCUT2D eigenvalue weighted by Gasteiger charge is 2.14. The zero-order valence-electron chi connectivity index (χ0n) is 9.40. The molecule has 3 nitrogen and oxygen atoms in total. The van der Waals surface area contributed by atoms with Crippen LogP contribution in [0, 0.1) is 5.92 Å². The van der Waals surface area contributed by atoms with Crippen molar-refractivity contribution in [2.75, 3.05) is 11.2 Å². The van der Waals surface area contributed by atoms with Crippen molar-refractivity contribution < 1.29 is 4.42 Å². The van der Waals surface area contributed by atoms with Gasteiger partial charge in [0, 0.05) is 18.1 Å². The number of nitrogens with one attached hydrogen (secondary N) is 1. The number of furan rings is 1. The average Bonchev–Trinajstić information content (AvgIpc) is 2.73. The van der Waals surface area contributed by atoms with Gasteiger partial charge < -0.3 is 9.73 Å². The minimum atomic E-state index is 0.217. The Labute approximate surface area is 99.8 Å². The second kappa shape index (κ2) is 4.74. The summed E-state index contributed by atoms with van der Waals surface area (Å²) in [4.78, 5) is 4.32. The first kappa shape index (κ1) is 11.3. The molecule has 0 aliphatic rings. The van der Waals surface area contributed by atoms with Crippen molar-refractivity contribution in [3.63, 3.8) is 0 Å². The Kier molecular flexibility index (Phi) is 3.34. The molecular weight excluding hydrogens is 224 g/mol. The maximum absolute atomic E-state index is 5.92. The summed E-state index contributed by atoms with van der Waals surface area (Å²) in [5, 5.41) is 4.35. The minimum Gasteiger partial charge on any atom is -0.464 e. The molecule has 86 valence electrons. The van der Waals surface area contributed by atoms with Crippen molar-refractivity contribution in [3.8, 4) is 0 Å². The number of anilines is 1. The first-order valence-electron chi connectivity index (χ1n) is 5.37. The van der Waals surface area contributed by atoms with Gasteiger partial charge in [0.15, 0.2) is 0 Å². The number of hydrogen-bond donors (Lipinski definition) is 1. The molecule has 0 spiro atoms. The molecule has 0 bridgehead atoms. The first-order chi connectivity index (χ1) is 7.72. The lowest BCUT2D eigenvalue weighted by molar-refractivity contribution is 0.563. The van der Waals surface area contributed by atoms with Crippen LogP contribution < -0.4 is 5.32 Å². The number of halogens is 1. The highest BCUT2D eigenvalue weighted by Crippen LogP contribution is 2.23. The van der Waals surface area contributed by atoms with E-state index in [1.807, 2.05) is 12.1 Å². The van der Waals surface area contributed by atoms with Gasteiger partial charge in [0.1, 0.15) is 11.4 Å². The molecule has 0 radical (unpaired) electrons. The van der Waals surface area contributed by atoms with E-state index in [1.54, 1.807) is 12.5 Å². The summed E-state index contributed by atoms with van der Waals surface area (Å²) in [5.74, 6) is 1.86. The lowest BCUT2D eigenvalue weighted by Crippen LogP contribution is -2.27. The van der Waals surface area contributed by atoms with Crippen LogP contribution in [0.1, 0.15) is 13.8 Å². The number of nitrogens with zero attached hydrogens (tertiary/aromatic N) is 1. The number of pyridine rings is 1. The molecule has 1 atom stereocenters. The van der Waals surface area contributed by atoms with Gasteiger partial charge in [-0.25, -0.2) is 4.98 Å². The van der Waals surface area contributed by atoms with Crippen LogP contribution in [0.3, 0.4) is 0 Å². The van der Waals surface area contributed by atoms with Crippen molar-refractivity contribution in [1.29, 1.82) is 0 Å². The van der Waals surface area contributed by atoms with Crippen LogP contribution in [-0.4, -0.2) is 16.9 Å². The minimum absolute atomic E-state index is 0.217. The predicted octanol–water partition coefficient (Wildman–Crippen LogP) is 3.50. The molecule has 1 unspecified atom stereocenters. The van der Waals surface area contributed by atoms with E-state index in [0.717, 1.165) is 16.8 Å². The molecule has 0 aromatic carbocycles. The van der Waals surface area contributed by atoms with E-state index in [0.29, 0.717) is 11.8 Å². The van der Waals surface area contributed by atoms with Crippen LogP contribution in [0.5, 0.6) is 0 Å². The van der Waals surface area contributed by atoms with Crippen molar-refractivity contribution in [2.45, 2.75) is 19.9 Å². The molecule has 0 aliphatic carbocycles. The highest BCUT2D eigenvalue weighted by molar-refractivity contribution is 6.18. The number of aromatic nitrogens is 1. The fourth-order valence-electron chi connectivity index (χ4n) is 1.57. The van der Waals surface area contributed by atoms with Crippen molar-refractivity contribution in [1.82, 2.24) is 4.98 Å². The molecule has 2 aromatic heterocycles. The van der Waals surface area contributed by atoms with Gasteiger partial charge in [-0.15, -0.1) is 11.6 Å². The summed E-state index contributed by atoms with van der Waals surface area (Å²) in [5.41, 5.74) is 0.842. The Bertz CT molecular complexity index is 467. The molecule has 1 N–H and O–H groups in total. The molecule has 2 heterocycles. The third kappa shape index (κ3) is 2.14. The number of fused-ring (bicyclic) bond motifs is 1. The van der Waals surface area contributed by atoms with Gasteiger partial charge in [-0.1, -0.05) is 13.8 Å². The number of alkyl halides is 1. The topological polar surface area (TPSA) is 38.1 Å². The van der Waals surface area contributed by atoms with Gasteiger partial charge >= 0.3 is 0 Å². The molecule has 0 fully saturated rings. The van der Waals surface area contributed by atoms with Gasteiger partial charge in [-0.3, -0.25) is 0 Å². The largest absolute Gasteiger partial charge is 0.464 e. The van der Waals surface area contributed by atoms with Gasteiger partial charge in [0.05, 0.1) is 11.6 Å². The molecular formula is C12H15ClN2O. The Hall–Kier alpha value is -1.22.